The fourth-order valence-corrected chi connectivity index (χ4v) is 7.32. The highest BCUT2D eigenvalue weighted by atomic mass is 32.2. The molecule has 7 rings (SSSR count). The molecule has 0 aliphatic heterocycles. The second-order valence-electron chi connectivity index (χ2n) is 9.94. The van der Waals surface area contributed by atoms with E-state index < -0.39 is 0 Å². The number of benzene rings is 1. The van der Waals surface area contributed by atoms with Crippen LogP contribution in [0.3, 0.4) is 0 Å². The SMILES string of the molecule is O=C(CSc1nnc(-c2ccco2)n1-c1ccccc1)NC(=O)NC12CC3CC(CC(C3)C1)C2. The van der Waals surface area contributed by atoms with E-state index in [9.17, 15) is 9.59 Å². The number of nitrogens with one attached hydrogen (secondary N) is 2. The minimum absolute atomic E-state index is 0.0530. The van der Waals surface area contributed by atoms with Gasteiger partial charge in [0, 0.05) is 11.2 Å². The summed E-state index contributed by atoms with van der Waals surface area (Å²) < 4.78 is 7.38. The van der Waals surface area contributed by atoms with Crippen LogP contribution in [0, 0.1) is 17.8 Å². The van der Waals surface area contributed by atoms with Gasteiger partial charge in [0.15, 0.2) is 10.9 Å². The fraction of sp³-hybridized carbons (Fsp3) is 0.440. The number of carbonyl (C=O) groups is 2. The smallest absolute Gasteiger partial charge is 0.321 e. The van der Waals surface area contributed by atoms with Crippen LogP contribution in [-0.4, -0.2) is 38.0 Å². The number of hydrogen-bond acceptors (Lipinski definition) is 6. The van der Waals surface area contributed by atoms with Crippen molar-refractivity contribution in [3.63, 3.8) is 0 Å². The van der Waals surface area contributed by atoms with Gasteiger partial charge in [0.25, 0.3) is 0 Å². The molecule has 4 aliphatic carbocycles. The Hall–Kier alpha value is -3.07. The quantitative estimate of drug-likeness (QED) is 0.510. The van der Waals surface area contributed by atoms with E-state index in [0.717, 1.165) is 42.7 Å². The van der Waals surface area contributed by atoms with Crippen molar-refractivity contribution in [2.75, 3.05) is 5.75 Å². The highest BCUT2D eigenvalue weighted by Gasteiger charge is 2.51. The van der Waals surface area contributed by atoms with Crippen LogP contribution in [0.5, 0.6) is 0 Å². The Labute approximate surface area is 201 Å². The van der Waals surface area contributed by atoms with E-state index in [0.29, 0.717) is 16.7 Å². The molecule has 4 fully saturated rings. The predicted molar refractivity (Wildman–Crippen MR) is 127 cm³/mol. The number of hydrogen-bond donors (Lipinski definition) is 2. The van der Waals surface area contributed by atoms with Crippen LogP contribution >= 0.6 is 11.8 Å². The standard InChI is InChI=1S/C25H27N5O3S/c31-21(26-23(32)27-25-12-16-9-17(13-25)11-18(10-16)14-25)15-34-24-29-28-22(20-7-4-8-33-20)30(24)19-5-2-1-3-6-19/h1-8,16-18H,9-15H2,(H2,26,27,31,32). The van der Waals surface area contributed by atoms with Crippen molar-refractivity contribution in [3.05, 3.63) is 48.7 Å². The third-order valence-corrected chi connectivity index (χ3v) is 8.32. The molecule has 0 unspecified atom stereocenters. The van der Waals surface area contributed by atoms with Crippen LogP contribution < -0.4 is 10.6 Å². The molecule has 4 aliphatic rings. The molecule has 0 radical (unpaired) electrons. The molecule has 8 nitrogen and oxygen atoms in total. The molecule has 3 aromatic rings. The van der Waals surface area contributed by atoms with Crippen LogP contribution in [-0.2, 0) is 4.79 Å². The number of furan rings is 1. The summed E-state index contributed by atoms with van der Waals surface area (Å²) in [6.07, 6.45) is 8.64. The molecule has 1 aromatic carbocycles. The molecule has 0 saturated heterocycles. The molecule has 176 valence electrons. The summed E-state index contributed by atoms with van der Waals surface area (Å²) in [6, 6.07) is 12.9. The van der Waals surface area contributed by atoms with Crippen molar-refractivity contribution in [1.82, 2.24) is 25.4 Å². The van der Waals surface area contributed by atoms with Gasteiger partial charge in [-0.3, -0.25) is 14.7 Å². The zero-order valence-corrected chi connectivity index (χ0v) is 19.6. The lowest BCUT2D eigenvalue weighted by atomic mass is 9.53. The third kappa shape index (κ3) is 4.13. The molecule has 2 N–H and O–H groups in total. The molecule has 3 amide bonds. The van der Waals surface area contributed by atoms with Gasteiger partial charge in [0.05, 0.1) is 12.0 Å². The van der Waals surface area contributed by atoms with Crippen LogP contribution in [0.15, 0.2) is 58.3 Å². The van der Waals surface area contributed by atoms with Gasteiger partial charge in [-0.25, -0.2) is 4.79 Å². The van der Waals surface area contributed by atoms with Crippen LogP contribution in [0.2, 0.25) is 0 Å². The second-order valence-corrected chi connectivity index (χ2v) is 10.9. The first-order valence-electron chi connectivity index (χ1n) is 11.9. The number of urea groups is 1. The number of thioether (sulfide) groups is 1. The number of para-hydroxylation sites is 1. The van der Waals surface area contributed by atoms with Gasteiger partial charge in [-0.2, -0.15) is 0 Å². The Bertz CT molecular complexity index is 1160. The van der Waals surface area contributed by atoms with Gasteiger partial charge in [-0.1, -0.05) is 30.0 Å². The van der Waals surface area contributed by atoms with E-state index in [1.54, 1.807) is 12.3 Å². The van der Waals surface area contributed by atoms with Gasteiger partial charge < -0.3 is 9.73 Å². The lowest BCUT2D eigenvalue weighted by Crippen LogP contribution is -2.61. The third-order valence-electron chi connectivity index (χ3n) is 7.39. The lowest BCUT2D eigenvalue weighted by Gasteiger charge is -2.56. The van der Waals surface area contributed by atoms with E-state index in [4.69, 9.17) is 4.42 Å². The number of imide groups is 1. The molecule has 2 heterocycles. The van der Waals surface area contributed by atoms with Gasteiger partial charge in [0.2, 0.25) is 11.7 Å². The zero-order valence-electron chi connectivity index (χ0n) is 18.8. The van der Waals surface area contributed by atoms with Crippen molar-refractivity contribution in [2.24, 2.45) is 17.8 Å². The van der Waals surface area contributed by atoms with Gasteiger partial charge >= 0.3 is 6.03 Å². The van der Waals surface area contributed by atoms with Crippen molar-refractivity contribution in [3.8, 4) is 17.3 Å². The number of nitrogens with zero attached hydrogens (tertiary/aromatic N) is 3. The molecule has 2 aromatic heterocycles. The predicted octanol–water partition coefficient (Wildman–Crippen LogP) is 4.41. The summed E-state index contributed by atoms with van der Waals surface area (Å²) >= 11 is 1.24. The van der Waals surface area contributed by atoms with E-state index in [1.807, 2.05) is 41.0 Å². The van der Waals surface area contributed by atoms with Crippen molar-refractivity contribution in [1.29, 1.82) is 0 Å². The first-order valence-corrected chi connectivity index (χ1v) is 12.8. The minimum atomic E-state index is -0.381. The van der Waals surface area contributed by atoms with Crippen LogP contribution in [0.1, 0.15) is 38.5 Å². The average Bonchev–Trinajstić information content (AvgIpc) is 3.46. The fourth-order valence-electron chi connectivity index (χ4n) is 6.57. The van der Waals surface area contributed by atoms with E-state index in [1.165, 1.54) is 31.0 Å². The Kier molecular flexibility index (Phi) is 5.44. The lowest BCUT2D eigenvalue weighted by molar-refractivity contribution is -0.117. The van der Waals surface area contributed by atoms with Crippen LogP contribution in [0.4, 0.5) is 4.79 Å². The highest BCUT2D eigenvalue weighted by Crippen LogP contribution is 2.55. The molecule has 4 bridgehead atoms. The van der Waals surface area contributed by atoms with Crippen molar-refractivity contribution < 1.29 is 14.0 Å². The van der Waals surface area contributed by atoms with Gasteiger partial charge in [0.1, 0.15) is 0 Å². The number of aromatic nitrogens is 3. The van der Waals surface area contributed by atoms with E-state index >= 15 is 0 Å². The molecule has 34 heavy (non-hydrogen) atoms. The summed E-state index contributed by atoms with van der Waals surface area (Å²) in [5.74, 6) is 3.02. The van der Waals surface area contributed by atoms with Gasteiger partial charge in [-0.05, 0) is 80.5 Å². The summed E-state index contributed by atoms with van der Waals surface area (Å²) in [6.45, 7) is 0. The number of rotatable bonds is 6. The Morgan fingerprint density at radius 3 is 2.35 bits per heavy atom. The molecule has 4 saturated carbocycles. The Morgan fingerprint density at radius 2 is 1.71 bits per heavy atom. The van der Waals surface area contributed by atoms with E-state index in [2.05, 4.69) is 20.8 Å². The maximum Gasteiger partial charge on any atom is 0.321 e. The van der Waals surface area contributed by atoms with Crippen molar-refractivity contribution >= 4 is 23.7 Å². The van der Waals surface area contributed by atoms with E-state index in [-0.39, 0.29) is 23.2 Å². The summed E-state index contributed by atoms with van der Waals surface area (Å²) in [5.41, 5.74) is 0.735. The molecular weight excluding hydrogens is 450 g/mol. The molecule has 0 atom stereocenters. The molecule has 0 spiro atoms. The Balaban J connectivity index is 1.11. The number of amides is 3. The first-order chi connectivity index (χ1) is 16.6. The zero-order chi connectivity index (χ0) is 23.1. The molecule has 9 heteroatoms. The average molecular weight is 478 g/mol. The summed E-state index contributed by atoms with van der Waals surface area (Å²) in [7, 11) is 0. The first kappa shape index (κ1) is 21.5. The van der Waals surface area contributed by atoms with Gasteiger partial charge in [-0.15, -0.1) is 10.2 Å². The van der Waals surface area contributed by atoms with Crippen molar-refractivity contribution in [2.45, 2.75) is 49.2 Å². The monoisotopic (exact) mass is 477 g/mol. The highest BCUT2D eigenvalue weighted by molar-refractivity contribution is 7.99. The maximum absolute atomic E-state index is 12.7. The molecular formula is C25H27N5O3S. The minimum Gasteiger partial charge on any atom is -0.461 e. The second kappa shape index (κ2) is 8.61. The number of carbonyl (C=O) groups excluding carboxylic acids is 2. The maximum atomic E-state index is 12.7. The largest absolute Gasteiger partial charge is 0.461 e. The Morgan fingerprint density at radius 1 is 1.00 bits per heavy atom. The summed E-state index contributed by atoms with van der Waals surface area (Å²) in [4.78, 5) is 25.3. The summed E-state index contributed by atoms with van der Waals surface area (Å²) in [5, 5.41) is 14.8. The topological polar surface area (TPSA) is 102 Å². The van der Waals surface area contributed by atoms with Crippen LogP contribution in [0.25, 0.3) is 17.3 Å². The normalized spacial score (nSPS) is 27.0.